The van der Waals surface area contributed by atoms with Gasteiger partial charge in [-0.1, -0.05) is 26.0 Å². The van der Waals surface area contributed by atoms with E-state index in [0.29, 0.717) is 18.2 Å². The van der Waals surface area contributed by atoms with E-state index in [9.17, 15) is 10.1 Å². The fourth-order valence-electron chi connectivity index (χ4n) is 2.27. The summed E-state index contributed by atoms with van der Waals surface area (Å²) in [5, 5.41) is 14.9. The van der Waals surface area contributed by atoms with Gasteiger partial charge in [-0.05, 0) is 54.8 Å². The first kappa shape index (κ1) is 19.1. The number of carbonyl (C=O) groups is 1. The first-order chi connectivity index (χ1) is 12.5. The molecule has 0 atom stereocenters. The van der Waals surface area contributed by atoms with Gasteiger partial charge in [0, 0.05) is 17.6 Å². The van der Waals surface area contributed by atoms with Crippen LogP contribution < -0.4 is 15.4 Å². The lowest BCUT2D eigenvalue weighted by molar-refractivity contribution is -0.112. The van der Waals surface area contributed by atoms with E-state index in [2.05, 4.69) is 24.5 Å². The molecule has 0 radical (unpaired) electrons. The molecule has 26 heavy (non-hydrogen) atoms. The van der Waals surface area contributed by atoms with Crippen molar-refractivity contribution in [3.63, 3.8) is 0 Å². The number of hydrogen-bond acceptors (Lipinski definition) is 4. The van der Waals surface area contributed by atoms with Crippen LogP contribution in [0.15, 0.2) is 60.3 Å². The van der Waals surface area contributed by atoms with E-state index in [-0.39, 0.29) is 5.57 Å². The molecule has 134 valence electrons. The van der Waals surface area contributed by atoms with Crippen molar-refractivity contribution in [1.29, 1.82) is 5.26 Å². The number of rotatable bonds is 7. The van der Waals surface area contributed by atoms with Crippen LogP contribution in [0.25, 0.3) is 0 Å². The van der Waals surface area contributed by atoms with E-state index in [0.717, 1.165) is 11.4 Å². The van der Waals surface area contributed by atoms with E-state index in [1.165, 1.54) is 11.8 Å². The second-order valence-corrected chi connectivity index (χ2v) is 6.00. The molecule has 0 unspecified atom stereocenters. The van der Waals surface area contributed by atoms with Crippen LogP contribution in [0.5, 0.6) is 5.75 Å². The Morgan fingerprint density at radius 3 is 2.27 bits per heavy atom. The third kappa shape index (κ3) is 5.38. The monoisotopic (exact) mass is 349 g/mol. The highest BCUT2D eigenvalue weighted by Crippen LogP contribution is 2.18. The number of ether oxygens (including phenoxy) is 1. The van der Waals surface area contributed by atoms with Crippen LogP contribution in [0, 0.1) is 11.3 Å². The van der Waals surface area contributed by atoms with E-state index in [4.69, 9.17) is 4.74 Å². The highest BCUT2D eigenvalue weighted by Gasteiger charge is 2.09. The van der Waals surface area contributed by atoms with Gasteiger partial charge in [-0.3, -0.25) is 4.79 Å². The van der Waals surface area contributed by atoms with Crippen LogP contribution in [-0.2, 0) is 4.79 Å². The largest absolute Gasteiger partial charge is 0.494 e. The molecule has 0 saturated carbocycles. The van der Waals surface area contributed by atoms with Crippen molar-refractivity contribution in [2.24, 2.45) is 0 Å². The van der Waals surface area contributed by atoms with E-state index in [1.54, 1.807) is 0 Å². The number of benzene rings is 2. The zero-order chi connectivity index (χ0) is 18.9. The van der Waals surface area contributed by atoms with E-state index >= 15 is 0 Å². The summed E-state index contributed by atoms with van der Waals surface area (Å²) >= 11 is 0. The molecule has 2 N–H and O–H groups in total. The first-order valence-corrected chi connectivity index (χ1v) is 8.54. The molecule has 0 aliphatic carbocycles. The van der Waals surface area contributed by atoms with E-state index < -0.39 is 5.91 Å². The lowest BCUT2D eigenvalue weighted by Gasteiger charge is -2.08. The summed E-state index contributed by atoms with van der Waals surface area (Å²) in [6.07, 6.45) is 1.40. The Balaban J connectivity index is 2.01. The summed E-state index contributed by atoms with van der Waals surface area (Å²) in [6, 6.07) is 16.8. The lowest BCUT2D eigenvalue weighted by Crippen LogP contribution is -2.14. The van der Waals surface area contributed by atoms with E-state index in [1.807, 2.05) is 61.5 Å². The zero-order valence-electron chi connectivity index (χ0n) is 15.2. The van der Waals surface area contributed by atoms with Crippen LogP contribution in [0.2, 0.25) is 0 Å². The van der Waals surface area contributed by atoms with Crippen LogP contribution >= 0.6 is 0 Å². The molecule has 0 aliphatic rings. The van der Waals surface area contributed by atoms with Crippen LogP contribution in [0.3, 0.4) is 0 Å². The van der Waals surface area contributed by atoms with Crippen molar-refractivity contribution in [2.75, 3.05) is 17.2 Å². The van der Waals surface area contributed by atoms with Gasteiger partial charge in [0.2, 0.25) is 0 Å². The molecule has 0 aromatic heterocycles. The minimum Gasteiger partial charge on any atom is -0.494 e. The Hall–Kier alpha value is -3.26. The van der Waals surface area contributed by atoms with Crippen molar-refractivity contribution in [1.82, 2.24) is 0 Å². The molecule has 0 bridgehead atoms. The van der Waals surface area contributed by atoms with Crippen molar-refractivity contribution < 1.29 is 9.53 Å². The van der Waals surface area contributed by atoms with Gasteiger partial charge < -0.3 is 15.4 Å². The highest BCUT2D eigenvalue weighted by atomic mass is 16.5. The number of amides is 1. The molecule has 0 saturated heterocycles. The quantitative estimate of drug-likeness (QED) is 0.563. The summed E-state index contributed by atoms with van der Waals surface area (Å²) in [6.45, 7) is 6.74. The number of nitrogens with zero attached hydrogens (tertiary/aromatic N) is 1. The summed E-state index contributed by atoms with van der Waals surface area (Å²) in [5.41, 5.74) is 2.60. The molecule has 0 spiro atoms. The Kier molecular flexibility index (Phi) is 6.81. The van der Waals surface area contributed by atoms with Crippen molar-refractivity contribution in [3.8, 4) is 11.8 Å². The summed E-state index contributed by atoms with van der Waals surface area (Å²) in [5.74, 6) is 0.737. The predicted molar refractivity (Wildman–Crippen MR) is 104 cm³/mol. The maximum atomic E-state index is 12.3. The molecule has 0 aliphatic heterocycles. The minimum absolute atomic E-state index is 0.00757. The molecule has 5 nitrogen and oxygen atoms in total. The summed E-state index contributed by atoms with van der Waals surface area (Å²) in [7, 11) is 0. The van der Waals surface area contributed by atoms with Gasteiger partial charge in [0.1, 0.15) is 17.4 Å². The molecule has 5 heteroatoms. The molecular weight excluding hydrogens is 326 g/mol. The first-order valence-electron chi connectivity index (χ1n) is 8.54. The van der Waals surface area contributed by atoms with Crippen LogP contribution in [0.4, 0.5) is 11.4 Å². The summed E-state index contributed by atoms with van der Waals surface area (Å²) in [4.78, 5) is 12.3. The molecule has 1 amide bonds. The maximum absolute atomic E-state index is 12.3. The molecule has 2 rings (SSSR count). The highest BCUT2D eigenvalue weighted by molar-refractivity contribution is 6.06. The van der Waals surface area contributed by atoms with Gasteiger partial charge in [0.05, 0.1) is 6.61 Å². The van der Waals surface area contributed by atoms with Crippen molar-refractivity contribution >= 4 is 17.3 Å². The molecular formula is C21H23N3O2. The number of nitrogens with one attached hydrogen (secondary N) is 2. The Labute approximate surface area is 154 Å². The van der Waals surface area contributed by atoms with Crippen molar-refractivity contribution in [2.45, 2.75) is 26.7 Å². The minimum atomic E-state index is -0.455. The van der Waals surface area contributed by atoms with Crippen LogP contribution in [-0.4, -0.2) is 12.5 Å². The van der Waals surface area contributed by atoms with Crippen molar-refractivity contribution in [3.05, 3.63) is 65.9 Å². The zero-order valence-corrected chi connectivity index (χ0v) is 15.2. The normalized spacial score (nSPS) is 11.0. The maximum Gasteiger partial charge on any atom is 0.267 e. The number of carbonyl (C=O) groups excluding carboxylic acids is 1. The summed E-state index contributed by atoms with van der Waals surface area (Å²) < 4.78 is 5.38. The van der Waals surface area contributed by atoms with Gasteiger partial charge in [-0.15, -0.1) is 0 Å². The van der Waals surface area contributed by atoms with Gasteiger partial charge in [-0.2, -0.15) is 5.26 Å². The molecule has 2 aromatic rings. The Bertz CT molecular complexity index is 801. The topological polar surface area (TPSA) is 74.1 Å². The van der Waals surface area contributed by atoms with Crippen LogP contribution in [0.1, 0.15) is 32.3 Å². The number of hydrogen-bond donors (Lipinski definition) is 2. The third-order valence-electron chi connectivity index (χ3n) is 3.75. The molecule has 2 aromatic carbocycles. The number of nitriles is 1. The third-order valence-corrected chi connectivity index (χ3v) is 3.75. The average Bonchev–Trinajstić information content (AvgIpc) is 2.64. The Morgan fingerprint density at radius 2 is 1.73 bits per heavy atom. The molecule has 0 fully saturated rings. The average molecular weight is 349 g/mol. The lowest BCUT2D eigenvalue weighted by atomic mass is 10.0. The second-order valence-electron chi connectivity index (χ2n) is 6.00. The van der Waals surface area contributed by atoms with Gasteiger partial charge in [-0.25, -0.2) is 0 Å². The fourth-order valence-corrected chi connectivity index (χ4v) is 2.27. The standard InChI is InChI=1S/C21H23N3O2/c1-4-26-20-11-9-18(10-12-20)23-14-17(13-22)21(25)24-19-7-5-16(6-8-19)15(2)3/h5-12,14-15,23H,4H2,1-3H3,(H,24,25)/b17-14-. The Morgan fingerprint density at radius 1 is 1.12 bits per heavy atom. The fraction of sp³-hybridized carbons (Fsp3) is 0.238. The number of anilines is 2. The second kappa shape index (κ2) is 9.28. The van der Waals surface area contributed by atoms with Gasteiger partial charge >= 0.3 is 0 Å². The smallest absolute Gasteiger partial charge is 0.267 e. The predicted octanol–water partition coefficient (Wildman–Crippen LogP) is 4.67. The SMILES string of the molecule is CCOc1ccc(N/C=C(/C#N)C(=O)Nc2ccc(C(C)C)cc2)cc1. The van der Waals surface area contributed by atoms with Gasteiger partial charge in [0.15, 0.2) is 0 Å². The van der Waals surface area contributed by atoms with Gasteiger partial charge in [0.25, 0.3) is 5.91 Å². The molecule has 0 heterocycles.